The molecular weight excluding hydrogens is 338 g/mol. The predicted molar refractivity (Wildman–Crippen MR) is 98.5 cm³/mol. The van der Waals surface area contributed by atoms with Crippen molar-refractivity contribution in [2.75, 3.05) is 13.7 Å². The highest BCUT2D eigenvalue weighted by atomic mass is 32.2. The zero-order chi connectivity index (χ0) is 17.9. The van der Waals surface area contributed by atoms with Crippen molar-refractivity contribution in [1.29, 1.82) is 0 Å². The van der Waals surface area contributed by atoms with Crippen LogP contribution in [0.1, 0.15) is 5.56 Å². The van der Waals surface area contributed by atoms with Crippen LogP contribution in [0, 0.1) is 0 Å². The molecule has 130 valence electrons. The van der Waals surface area contributed by atoms with Gasteiger partial charge >= 0.3 is 0 Å². The summed E-state index contributed by atoms with van der Waals surface area (Å²) < 4.78 is 29.3. The first-order chi connectivity index (χ1) is 12.0. The zero-order valence-corrected chi connectivity index (χ0v) is 14.6. The van der Waals surface area contributed by atoms with Gasteiger partial charge in [-0.25, -0.2) is 9.86 Å². The molecule has 0 atom stereocenters. The van der Waals surface area contributed by atoms with Crippen molar-refractivity contribution in [3.8, 4) is 16.9 Å². The maximum absolute atomic E-state index is 10.9. The third-order valence-corrected chi connectivity index (χ3v) is 4.54. The molecule has 0 saturated heterocycles. The second-order valence-corrected chi connectivity index (χ2v) is 7.01. The Hall–Kier alpha value is -2.48. The van der Waals surface area contributed by atoms with Gasteiger partial charge in [-0.05, 0) is 41.3 Å². The lowest BCUT2D eigenvalue weighted by Gasteiger charge is -2.09. The first kappa shape index (κ1) is 17.3. The lowest BCUT2D eigenvalue weighted by atomic mass is 9.99. The van der Waals surface area contributed by atoms with Gasteiger partial charge < -0.3 is 4.74 Å². The molecule has 0 aliphatic carbocycles. The number of benzene rings is 2. The van der Waals surface area contributed by atoms with Crippen molar-refractivity contribution in [2.45, 2.75) is 6.42 Å². The van der Waals surface area contributed by atoms with E-state index in [4.69, 9.17) is 9.88 Å². The molecule has 0 spiro atoms. The molecule has 0 fully saturated rings. The molecule has 1 aromatic heterocycles. The number of nitrogens with zero attached hydrogens (tertiary/aromatic N) is 1. The van der Waals surface area contributed by atoms with Gasteiger partial charge in [-0.3, -0.25) is 4.98 Å². The van der Waals surface area contributed by atoms with Crippen LogP contribution in [0.2, 0.25) is 0 Å². The highest BCUT2D eigenvalue weighted by molar-refractivity contribution is 7.87. The number of fused-ring (bicyclic) bond motifs is 1. The zero-order valence-electron chi connectivity index (χ0n) is 13.8. The summed E-state index contributed by atoms with van der Waals surface area (Å²) in [6.45, 7) is 0.274. The van der Waals surface area contributed by atoms with Gasteiger partial charge in [0.05, 0.1) is 12.6 Å². The summed E-state index contributed by atoms with van der Waals surface area (Å²) >= 11 is 0. The van der Waals surface area contributed by atoms with Crippen molar-refractivity contribution in [3.05, 3.63) is 60.3 Å². The van der Waals surface area contributed by atoms with Crippen LogP contribution in [0.25, 0.3) is 22.0 Å². The molecule has 25 heavy (non-hydrogen) atoms. The Kier molecular flexibility index (Phi) is 4.98. The topological polar surface area (TPSA) is 94.3 Å². The number of hydrogen-bond donors (Lipinski definition) is 2. The van der Waals surface area contributed by atoms with Crippen molar-refractivity contribution in [3.63, 3.8) is 0 Å². The molecule has 0 amide bonds. The lowest BCUT2D eigenvalue weighted by Crippen LogP contribution is -2.32. The van der Waals surface area contributed by atoms with E-state index in [-0.39, 0.29) is 6.54 Å². The van der Waals surface area contributed by atoms with Crippen LogP contribution in [-0.4, -0.2) is 27.1 Å². The summed E-state index contributed by atoms with van der Waals surface area (Å²) in [5, 5.41) is 5.97. The first-order valence-corrected chi connectivity index (χ1v) is 9.30. The number of nitrogens with two attached hydrogens (primary N) is 1. The number of ether oxygens (including phenoxy) is 1. The quantitative estimate of drug-likeness (QED) is 0.707. The van der Waals surface area contributed by atoms with Gasteiger partial charge in [0.15, 0.2) is 0 Å². The fourth-order valence-electron chi connectivity index (χ4n) is 2.70. The van der Waals surface area contributed by atoms with E-state index in [0.717, 1.165) is 33.3 Å². The molecule has 0 saturated carbocycles. The van der Waals surface area contributed by atoms with Crippen LogP contribution in [0.3, 0.4) is 0 Å². The third kappa shape index (κ3) is 4.33. The van der Waals surface area contributed by atoms with Crippen molar-refractivity contribution < 1.29 is 13.2 Å². The van der Waals surface area contributed by atoms with E-state index in [9.17, 15) is 8.42 Å². The van der Waals surface area contributed by atoms with Crippen LogP contribution in [0.5, 0.6) is 5.75 Å². The standard InChI is InChI=1S/C18H19N3O3S/c1-24-15-6-7-17-16(9-10-20-18(17)12-15)14-4-2-13(3-5-14)8-11-21-25(19,22)23/h2-7,9-10,12,21H,8,11H2,1H3,(H2,19,22,23). The molecule has 0 unspecified atom stereocenters. The van der Waals surface area contributed by atoms with Gasteiger partial charge in [0.2, 0.25) is 0 Å². The molecule has 0 aliphatic heterocycles. The molecule has 7 heteroatoms. The van der Waals surface area contributed by atoms with Gasteiger partial charge in [0.25, 0.3) is 10.2 Å². The van der Waals surface area contributed by atoms with E-state index in [0.29, 0.717) is 6.42 Å². The van der Waals surface area contributed by atoms with E-state index in [1.165, 1.54) is 0 Å². The van der Waals surface area contributed by atoms with E-state index >= 15 is 0 Å². The lowest BCUT2D eigenvalue weighted by molar-refractivity contribution is 0.415. The fourth-order valence-corrected chi connectivity index (χ4v) is 3.08. The van der Waals surface area contributed by atoms with Gasteiger partial charge in [-0.2, -0.15) is 8.42 Å². The molecule has 0 radical (unpaired) electrons. The summed E-state index contributed by atoms with van der Waals surface area (Å²) in [4.78, 5) is 4.40. The van der Waals surface area contributed by atoms with E-state index in [2.05, 4.69) is 9.71 Å². The van der Waals surface area contributed by atoms with Gasteiger partial charge in [-0.15, -0.1) is 0 Å². The van der Waals surface area contributed by atoms with Gasteiger partial charge in [0.1, 0.15) is 5.75 Å². The first-order valence-electron chi connectivity index (χ1n) is 7.76. The number of nitrogens with one attached hydrogen (secondary N) is 1. The summed E-state index contributed by atoms with van der Waals surface area (Å²) in [5.41, 5.74) is 4.06. The average Bonchev–Trinajstić information content (AvgIpc) is 2.60. The molecule has 3 N–H and O–H groups in total. The Bertz CT molecular complexity index is 986. The molecule has 0 bridgehead atoms. The Morgan fingerprint density at radius 1 is 1.12 bits per heavy atom. The van der Waals surface area contributed by atoms with E-state index < -0.39 is 10.2 Å². The summed E-state index contributed by atoms with van der Waals surface area (Å²) in [6, 6.07) is 15.8. The van der Waals surface area contributed by atoms with Crippen molar-refractivity contribution in [2.24, 2.45) is 5.14 Å². The SMILES string of the molecule is COc1ccc2c(-c3ccc(CCNS(N)(=O)=O)cc3)ccnc2c1. The van der Waals surface area contributed by atoms with Crippen molar-refractivity contribution in [1.82, 2.24) is 9.71 Å². The monoisotopic (exact) mass is 357 g/mol. The summed E-state index contributed by atoms with van der Waals surface area (Å²) in [6.07, 6.45) is 2.35. The highest BCUT2D eigenvalue weighted by Crippen LogP contribution is 2.29. The minimum atomic E-state index is -3.64. The maximum Gasteiger partial charge on any atom is 0.274 e. The Labute approximate surface area is 146 Å². The average molecular weight is 357 g/mol. The van der Waals surface area contributed by atoms with Crippen LogP contribution >= 0.6 is 0 Å². The number of aromatic nitrogens is 1. The van der Waals surface area contributed by atoms with E-state index in [1.54, 1.807) is 13.3 Å². The van der Waals surface area contributed by atoms with Crippen LogP contribution in [0.4, 0.5) is 0 Å². The molecule has 3 rings (SSSR count). The van der Waals surface area contributed by atoms with Gasteiger partial charge in [-0.1, -0.05) is 24.3 Å². The largest absolute Gasteiger partial charge is 0.497 e. The molecule has 1 heterocycles. The summed E-state index contributed by atoms with van der Waals surface area (Å²) in [5.74, 6) is 0.773. The molecular formula is C18H19N3O3S. The Morgan fingerprint density at radius 3 is 2.56 bits per heavy atom. The number of hydrogen-bond acceptors (Lipinski definition) is 4. The van der Waals surface area contributed by atoms with Gasteiger partial charge in [0, 0.05) is 24.2 Å². The maximum atomic E-state index is 10.9. The summed E-state index contributed by atoms with van der Waals surface area (Å²) in [7, 11) is -2.01. The predicted octanol–water partition coefficient (Wildman–Crippen LogP) is 2.25. The Morgan fingerprint density at radius 2 is 1.88 bits per heavy atom. The fraction of sp³-hybridized carbons (Fsp3) is 0.167. The molecule has 2 aromatic carbocycles. The molecule has 6 nitrogen and oxygen atoms in total. The highest BCUT2D eigenvalue weighted by Gasteiger charge is 2.06. The van der Waals surface area contributed by atoms with E-state index in [1.807, 2.05) is 48.5 Å². The molecule has 0 aliphatic rings. The second kappa shape index (κ2) is 7.18. The Balaban J connectivity index is 1.84. The van der Waals surface area contributed by atoms with Crippen LogP contribution in [0.15, 0.2) is 54.7 Å². The van der Waals surface area contributed by atoms with Crippen molar-refractivity contribution >= 4 is 21.1 Å². The van der Waals surface area contributed by atoms with Crippen LogP contribution < -0.4 is 14.6 Å². The third-order valence-electron chi connectivity index (χ3n) is 3.93. The van der Waals surface area contributed by atoms with Crippen LogP contribution in [-0.2, 0) is 16.6 Å². The minimum absolute atomic E-state index is 0.274. The molecule has 3 aromatic rings. The number of rotatable bonds is 6. The smallest absolute Gasteiger partial charge is 0.274 e. The second-order valence-electron chi connectivity index (χ2n) is 5.63. The minimum Gasteiger partial charge on any atom is -0.497 e. The normalized spacial score (nSPS) is 11.6. The number of methoxy groups -OCH3 is 1. The number of pyridine rings is 1.